The van der Waals surface area contributed by atoms with Gasteiger partial charge >= 0.3 is 12.2 Å². The molecule has 2 aliphatic heterocycles. The highest BCUT2D eigenvalue weighted by Gasteiger charge is 2.48. The summed E-state index contributed by atoms with van der Waals surface area (Å²) in [5.41, 5.74) is -2.81. The highest BCUT2D eigenvalue weighted by Crippen LogP contribution is 2.31. The summed E-state index contributed by atoms with van der Waals surface area (Å²) in [6, 6.07) is -1.08. The predicted octanol–water partition coefficient (Wildman–Crippen LogP) is 7.98. The lowest BCUT2D eigenvalue weighted by atomic mass is 10.1. The molecular formula is C37H66N2O8. The normalized spacial score (nSPS) is 20.9. The van der Waals surface area contributed by atoms with Crippen molar-refractivity contribution in [3.05, 3.63) is 0 Å². The van der Waals surface area contributed by atoms with Crippen LogP contribution in [0.25, 0.3) is 0 Å². The van der Waals surface area contributed by atoms with E-state index < -0.39 is 53.0 Å². The maximum atomic E-state index is 12.6. The van der Waals surface area contributed by atoms with Gasteiger partial charge in [0, 0.05) is 6.42 Å². The van der Waals surface area contributed by atoms with Crippen LogP contribution < -0.4 is 0 Å². The van der Waals surface area contributed by atoms with E-state index in [0.717, 1.165) is 12.8 Å². The van der Waals surface area contributed by atoms with Crippen molar-refractivity contribution in [3.8, 4) is 11.8 Å². The van der Waals surface area contributed by atoms with Crippen molar-refractivity contribution in [3.63, 3.8) is 0 Å². The van der Waals surface area contributed by atoms with E-state index in [1.807, 2.05) is 34.6 Å². The van der Waals surface area contributed by atoms with Gasteiger partial charge in [0.05, 0.1) is 19.3 Å². The third-order valence-corrected chi connectivity index (χ3v) is 7.90. The number of nitrogens with zero attached hydrogens (tertiary/aromatic N) is 2. The fourth-order valence-corrected chi connectivity index (χ4v) is 5.48. The number of rotatable bonds is 13. The highest BCUT2D eigenvalue weighted by atomic mass is 16.6. The lowest BCUT2D eigenvalue weighted by Gasteiger charge is -2.35. The van der Waals surface area contributed by atoms with Gasteiger partial charge in [-0.2, -0.15) is 0 Å². The van der Waals surface area contributed by atoms with Crippen molar-refractivity contribution < 1.29 is 38.4 Å². The molecule has 0 radical (unpaired) electrons. The zero-order chi connectivity index (χ0) is 35.9. The quantitative estimate of drug-likeness (QED) is 0.120. The van der Waals surface area contributed by atoms with E-state index in [2.05, 4.69) is 18.8 Å². The van der Waals surface area contributed by atoms with E-state index in [-0.39, 0.29) is 13.2 Å². The van der Waals surface area contributed by atoms with Gasteiger partial charge in [-0.05, 0) is 75.7 Å². The molecule has 0 aliphatic carbocycles. The van der Waals surface area contributed by atoms with Crippen molar-refractivity contribution in [2.24, 2.45) is 0 Å². The molecule has 0 aromatic carbocycles. The van der Waals surface area contributed by atoms with Crippen molar-refractivity contribution in [1.82, 2.24) is 9.80 Å². The number of aldehydes is 1. The van der Waals surface area contributed by atoms with Gasteiger partial charge in [0.25, 0.3) is 0 Å². The number of hydrogen-bond acceptors (Lipinski definition) is 8. The first-order valence-electron chi connectivity index (χ1n) is 17.7. The van der Waals surface area contributed by atoms with Gasteiger partial charge in [-0.15, -0.1) is 5.92 Å². The molecule has 0 bridgehead atoms. The Bertz CT molecular complexity index is 1020. The first-order valence-corrected chi connectivity index (χ1v) is 17.7. The second kappa shape index (κ2) is 19.6. The number of aliphatic hydroxyl groups excluding tert-OH is 1. The molecule has 2 heterocycles. The fourth-order valence-electron chi connectivity index (χ4n) is 5.48. The Hall–Kier alpha value is -2.35. The molecule has 10 heteroatoms. The van der Waals surface area contributed by atoms with Crippen molar-refractivity contribution in [2.45, 2.75) is 194 Å². The van der Waals surface area contributed by atoms with Crippen LogP contribution in [-0.4, -0.2) is 87.4 Å². The van der Waals surface area contributed by atoms with Gasteiger partial charge in [0.15, 0.2) is 0 Å². The molecule has 2 saturated heterocycles. The van der Waals surface area contributed by atoms with Crippen LogP contribution in [0.2, 0.25) is 0 Å². The second-order valence-corrected chi connectivity index (χ2v) is 15.5. The van der Waals surface area contributed by atoms with Crippen LogP contribution in [0.5, 0.6) is 0 Å². The molecule has 272 valence electrons. The Labute approximate surface area is 285 Å². The van der Waals surface area contributed by atoms with E-state index in [1.165, 1.54) is 74.0 Å². The minimum Gasteiger partial charge on any atom is -0.444 e. The number of amides is 2. The Balaban J connectivity index is 0.000000577. The molecule has 2 rings (SSSR count). The molecule has 2 aliphatic rings. The Kier molecular flexibility index (Phi) is 17.8. The zero-order valence-electron chi connectivity index (χ0n) is 31.4. The molecule has 0 aromatic rings. The lowest BCUT2D eigenvalue weighted by molar-refractivity contribution is -0.113. The largest absolute Gasteiger partial charge is 0.444 e. The third kappa shape index (κ3) is 16.1. The third-order valence-electron chi connectivity index (χ3n) is 7.90. The molecular weight excluding hydrogens is 600 g/mol. The molecule has 3 atom stereocenters. The summed E-state index contributed by atoms with van der Waals surface area (Å²) in [6.07, 6.45) is 13.9. The average molecular weight is 667 g/mol. The van der Waals surface area contributed by atoms with Gasteiger partial charge in [-0.1, -0.05) is 77.1 Å². The van der Waals surface area contributed by atoms with Crippen LogP contribution in [-0.2, 0) is 23.7 Å². The maximum absolute atomic E-state index is 12.6. The maximum Gasteiger partial charge on any atom is 0.413 e. The standard InChI is InChI=1S/C26H47NO4.C11H19NO4/c1-7-8-9-10-11-12-13-14-15-16-17-18-19-20-23(28)22-21-30-26(5,6)27(22)24(29)31-25(2,3)4;1-10(2,3)16-9(14)12-8(6-13)7-15-11(12,4)5/h22-23,28H,7-18,21H2,1-6H3;6,8H,7H2,1-5H3/t22-,23?;/m0./s1. The number of aliphatic hydroxyl groups is 1. The molecule has 1 N–H and O–H groups in total. The number of unbranched alkanes of at least 4 members (excludes halogenated alkanes) is 11. The number of carbonyl (C=O) groups is 3. The molecule has 0 spiro atoms. The first kappa shape index (κ1) is 42.7. The predicted molar refractivity (Wildman–Crippen MR) is 185 cm³/mol. The fraction of sp³-hybridized carbons (Fsp3) is 0.865. The first-order chi connectivity index (χ1) is 21.8. The van der Waals surface area contributed by atoms with Gasteiger partial charge in [0.2, 0.25) is 0 Å². The van der Waals surface area contributed by atoms with E-state index in [9.17, 15) is 19.5 Å². The van der Waals surface area contributed by atoms with Gasteiger partial charge in [0.1, 0.15) is 41.1 Å². The summed E-state index contributed by atoms with van der Waals surface area (Å²) < 4.78 is 21.9. The van der Waals surface area contributed by atoms with Crippen LogP contribution in [0.4, 0.5) is 9.59 Å². The number of hydrogen-bond donors (Lipinski definition) is 1. The van der Waals surface area contributed by atoms with E-state index >= 15 is 0 Å². The van der Waals surface area contributed by atoms with E-state index in [1.54, 1.807) is 34.6 Å². The Morgan fingerprint density at radius 3 is 1.68 bits per heavy atom. The van der Waals surface area contributed by atoms with Crippen LogP contribution in [0.3, 0.4) is 0 Å². The molecule has 2 fully saturated rings. The Morgan fingerprint density at radius 2 is 1.21 bits per heavy atom. The molecule has 0 aromatic heterocycles. The summed E-state index contributed by atoms with van der Waals surface area (Å²) in [6.45, 7) is 20.6. The van der Waals surface area contributed by atoms with E-state index in [0.29, 0.717) is 6.29 Å². The van der Waals surface area contributed by atoms with Gasteiger partial charge in [-0.3, -0.25) is 9.80 Å². The van der Waals surface area contributed by atoms with Crippen LogP contribution >= 0.6 is 0 Å². The summed E-state index contributed by atoms with van der Waals surface area (Å²) in [7, 11) is 0. The van der Waals surface area contributed by atoms with Crippen molar-refractivity contribution in [1.29, 1.82) is 0 Å². The van der Waals surface area contributed by atoms with Gasteiger partial charge in [-0.25, -0.2) is 9.59 Å². The smallest absolute Gasteiger partial charge is 0.413 e. The zero-order valence-corrected chi connectivity index (χ0v) is 31.4. The molecule has 2 unspecified atom stereocenters. The van der Waals surface area contributed by atoms with Crippen LogP contribution in [0, 0.1) is 11.8 Å². The molecule has 10 nitrogen and oxygen atoms in total. The lowest BCUT2D eigenvalue weighted by Crippen LogP contribution is -2.53. The summed E-state index contributed by atoms with van der Waals surface area (Å²) in [5.74, 6) is 6.02. The SMILES string of the molecule is CC(C)(C)OC(=O)N1C(C=O)COC1(C)C.CCCCCCCCCCCCCC#CC(O)[C@@H]1COC(C)(C)N1C(=O)OC(C)(C)C. The summed E-state index contributed by atoms with van der Waals surface area (Å²) >= 11 is 0. The summed E-state index contributed by atoms with van der Waals surface area (Å²) in [5, 5.41) is 10.6. The second-order valence-electron chi connectivity index (χ2n) is 15.5. The topological polar surface area (TPSA) is 115 Å². The highest BCUT2D eigenvalue weighted by molar-refractivity contribution is 5.75. The van der Waals surface area contributed by atoms with Crippen LogP contribution in [0.15, 0.2) is 0 Å². The van der Waals surface area contributed by atoms with Crippen molar-refractivity contribution in [2.75, 3.05) is 13.2 Å². The average Bonchev–Trinajstić information content (AvgIpc) is 3.43. The summed E-state index contributed by atoms with van der Waals surface area (Å²) in [4.78, 5) is 38.2. The van der Waals surface area contributed by atoms with Crippen molar-refractivity contribution >= 4 is 18.5 Å². The van der Waals surface area contributed by atoms with Gasteiger partial charge < -0.3 is 28.8 Å². The van der Waals surface area contributed by atoms with Crippen LogP contribution in [0.1, 0.15) is 153 Å². The number of ether oxygens (including phenoxy) is 4. The minimum atomic E-state index is -0.943. The molecule has 0 saturated carbocycles. The monoisotopic (exact) mass is 666 g/mol. The van der Waals surface area contributed by atoms with E-state index in [4.69, 9.17) is 18.9 Å². The number of carbonyl (C=O) groups excluding carboxylic acids is 3. The minimum absolute atomic E-state index is 0.218. The molecule has 47 heavy (non-hydrogen) atoms. The molecule has 2 amide bonds. The Morgan fingerprint density at radius 1 is 0.787 bits per heavy atom.